The molecule has 1 rings (SSSR count). The molecule has 1 amide bonds. The van der Waals surface area contributed by atoms with Crippen LogP contribution in [0.5, 0.6) is 0 Å². The van der Waals surface area contributed by atoms with Gasteiger partial charge in [-0.25, -0.2) is 0 Å². The smallest absolute Gasteiger partial charge is 0.252 e. The van der Waals surface area contributed by atoms with Crippen molar-refractivity contribution in [3.05, 3.63) is 11.6 Å². The molecule has 1 atom stereocenters. The van der Waals surface area contributed by atoms with Gasteiger partial charge in [0.2, 0.25) is 0 Å². The van der Waals surface area contributed by atoms with Crippen LogP contribution < -0.4 is 0 Å². The summed E-state index contributed by atoms with van der Waals surface area (Å²) >= 11 is 0. The van der Waals surface area contributed by atoms with Crippen molar-refractivity contribution in [3.8, 4) is 0 Å². The monoisotopic (exact) mass is 254 g/mol. The van der Waals surface area contributed by atoms with Gasteiger partial charge < -0.3 is 9.64 Å². The van der Waals surface area contributed by atoms with Crippen LogP contribution in [0.15, 0.2) is 11.6 Å². The molecule has 0 aromatic heterocycles. The summed E-state index contributed by atoms with van der Waals surface area (Å²) < 4.78 is 5.53. The van der Waals surface area contributed by atoms with Crippen molar-refractivity contribution in [1.82, 2.24) is 9.80 Å². The van der Waals surface area contributed by atoms with Crippen LogP contribution in [-0.4, -0.2) is 62.1 Å². The highest BCUT2D eigenvalue weighted by molar-refractivity contribution is 5.80. The van der Waals surface area contributed by atoms with Crippen molar-refractivity contribution in [3.63, 3.8) is 0 Å². The third-order valence-electron chi connectivity index (χ3n) is 3.36. The SMILES string of the molecule is CCC(C)=CCCN1CCOC(C(=O)N(C)C)C1. The molecule has 0 aliphatic carbocycles. The molecule has 1 saturated heterocycles. The quantitative estimate of drug-likeness (QED) is 0.697. The van der Waals surface area contributed by atoms with Crippen LogP contribution in [0.2, 0.25) is 0 Å². The van der Waals surface area contributed by atoms with E-state index >= 15 is 0 Å². The van der Waals surface area contributed by atoms with Crippen LogP contribution in [0.3, 0.4) is 0 Å². The zero-order valence-electron chi connectivity index (χ0n) is 12.1. The fraction of sp³-hybridized carbons (Fsp3) is 0.786. The van der Waals surface area contributed by atoms with Gasteiger partial charge in [0.05, 0.1) is 6.61 Å². The van der Waals surface area contributed by atoms with Gasteiger partial charge in [-0.05, 0) is 19.8 Å². The first-order chi connectivity index (χ1) is 8.54. The van der Waals surface area contributed by atoms with Gasteiger partial charge >= 0.3 is 0 Å². The number of carbonyl (C=O) groups is 1. The number of morpholine rings is 1. The number of amides is 1. The van der Waals surface area contributed by atoms with Crippen molar-refractivity contribution in [2.24, 2.45) is 0 Å². The van der Waals surface area contributed by atoms with E-state index in [0.29, 0.717) is 6.61 Å². The molecule has 0 N–H and O–H groups in total. The minimum absolute atomic E-state index is 0.0694. The lowest BCUT2D eigenvalue weighted by molar-refractivity contribution is -0.146. The van der Waals surface area contributed by atoms with Gasteiger partial charge in [-0.3, -0.25) is 9.69 Å². The number of carbonyl (C=O) groups excluding carboxylic acids is 1. The second-order valence-electron chi connectivity index (χ2n) is 5.09. The summed E-state index contributed by atoms with van der Waals surface area (Å²) in [6.45, 7) is 7.65. The number of allylic oxidation sites excluding steroid dienone is 1. The highest BCUT2D eigenvalue weighted by Gasteiger charge is 2.27. The topological polar surface area (TPSA) is 32.8 Å². The van der Waals surface area contributed by atoms with Crippen molar-refractivity contribution in [2.45, 2.75) is 32.8 Å². The van der Waals surface area contributed by atoms with Gasteiger partial charge in [-0.2, -0.15) is 0 Å². The van der Waals surface area contributed by atoms with Gasteiger partial charge in [-0.15, -0.1) is 0 Å². The number of nitrogens with zero attached hydrogens (tertiary/aromatic N) is 2. The second-order valence-corrected chi connectivity index (χ2v) is 5.09. The lowest BCUT2D eigenvalue weighted by atomic mass is 10.2. The Balaban J connectivity index is 2.37. The highest BCUT2D eigenvalue weighted by Crippen LogP contribution is 2.09. The summed E-state index contributed by atoms with van der Waals surface area (Å²) in [7, 11) is 3.55. The minimum atomic E-state index is -0.287. The molecule has 104 valence electrons. The molecule has 1 heterocycles. The molecular weight excluding hydrogens is 228 g/mol. The van der Waals surface area contributed by atoms with E-state index in [2.05, 4.69) is 24.8 Å². The summed E-state index contributed by atoms with van der Waals surface area (Å²) in [5.74, 6) is 0.0694. The molecule has 0 bridgehead atoms. The number of rotatable bonds is 5. The first-order valence-corrected chi connectivity index (χ1v) is 6.75. The Morgan fingerprint density at radius 2 is 2.22 bits per heavy atom. The molecule has 1 fully saturated rings. The van der Waals surface area contributed by atoms with E-state index in [1.54, 1.807) is 19.0 Å². The maximum Gasteiger partial charge on any atom is 0.252 e. The summed E-state index contributed by atoms with van der Waals surface area (Å²) in [6.07, 6.45) is 4.18. The lowest BCUT2D eigenvalue weighted by Gasteiger charge is -2.33. The highest BCUT2D eigenvalue weighted by atomic mass is 16.5. The van der Waals surface area contributed by atoms with E-state index in [9.17, 15) is 4.79 Å². The van der Waals surface area contributed by atoms with Gasteiger partial charge in [0.1, 0.15) is 6.10 Å². The first-order valence-electron chi connectivity index (χ1n) is 6.75. The van der Waals surface area contributed by atoms with Crippen LogP contribution in [0.4, 0.5) is 0 Å². The molecule has 1 aliphatic heterocycles. The molecule has 18 heavy (non-hydrogen) atoms. The third-order valence-corrected chi connectivity index (χ3v) is 3.36. The van der Waals surface area contributed by atoms with E-state index in [4.69, 9.17) is 4.74 Å². The first kappa shape index (κ1) is 15.2. The van der Waals surface area contributed by atoms with Crippen molar-refractivity contribution >= 4 is 5.91 Å². The predicted octanol–water partition coefficient (Wildman–Crippen LogP) is 1.52. The van der Waals surface area contributed by atoms with E-state index in [0.717, 1.165) is 32.5 Å². The molecule has 0 saturated carbocycles. The third kappa shape index (κ3) is 4.78. The van der Waals surface area contributed by atoms with Crippen LogP contribution in [0, 0.1) is 0 Å². The van der Waals surface area contributed by atoms with Crippen molar-refractivity contribution in [1.29, 1.82) is 0 Å². The van der Waals surface area contributed by atoms with Crippen molar-refractivity contribution in [2.75, 3.05) is 40.3 Å². The molecule has 1 unspecified atom stereocenters. The number of likely N-dealkylation sites (N-methyl/N-ethyl adjacent to an activating group) is 1. The van der Waals surface area contributed by atoms with Gasteiger partial charge in [0.15, 0.2) is 0 Å². The van der Waals surface area contributed by atoms with E-state index in [1.807, 2.05) is 0 Å². The molecule has 0 spiro atoms. The summed E-state index contributed by atoms with van der Waals surface area (Å²) in [4.78, 5) is 15.8. The zero-order chi connectivity index (χ0) is 13.5. The Kier molecular flexibility index (Phi) is 6.36. The zero-order valence-corrected chi connectivity index (χ0v) is 12.1. The average Bonchev–Trinajstić information content (AvgIpc) is 2.37. The average molecular weight is 254 g/mol. The predicted molar refractivity (Wildman–Crippen MR) is 73.5 cm³/mol. The maximum atomic E-state index is 11.8. The standard InChI is InChI=1S/C14H26N2O2/c1-5-12(2)7-6-8-16-9-10-18-13(11-16)14(17)15(3)4/h7,13H,5-6,8-11H2,1-4H3. The Bertz CT molecular complexity index is 300. The number of hydrogen-bond donors (Lipinski definition) is 0. The summed E-state index contributed by atoms with van der Waals surface area (Å²) in [5, 5.41) is 0. The van der Waals surface area contributed by atoms with E-state index in [1.165, 1.54) is 5.57 Å². The van der Waals surface area contributed by atoms with Crippen LogP contribution in [-0.2, 0) is 9.53 Å². The number of hydrogen-bond acceptors (Lipinski definition) is 3. The fourth-order valence-electron chi connectivity index (χ4n) is 1.98. The molecule has 4 nitrogen and oxygen atoms in total. The summed E-state index contributed by atoms with van der Waals surface area (Å²) in [5.41, 5.74) is 1.43. The second kappa shape index (κ2) is 7.54. The van der Waals surface area contributed by atoms with Crippen molar-refractivity contribution < 1.29 is 9.53 Å². The molecule has 1 aliphatic rings. The van der Waals surface area contributed by atoms with Gasteiger partial charge in [0.25, 0.3) is 5.91 Å². The molecule has 0 radical (unpaired) electrons. The fourth-order valence-corrected chi connectivity index (χ4v) is 1.98. The summed E-state index contributed by atoms with van der Waals surface area (Å²) in [6, 6.07) is 0. The lowest BCUT2D eigenvalue weighted by Crippen LogP contribution is -2.49. The minimum Gasteiger partial charge on any atom is -0.366 e. The largest absolute Gasteiger partial charge is 0.366 e. The van der Waals surface area contributed by atoms with Crippen LogP contribution >= 0.6 is 0 Å². The maximum absolute atomic E-state index is 11.8. The molecule has 0 aromatic carbocycles. The molecule has 0 aromatic rings. The van der Waals surface area contributed by atoms with Gasteiger partial charge in [-0.1, -0.05) is 18.6 Å². The number of ether oxygens (including phenoxy) is 1. The molecule has 4 heteroatoms. The Morgan fingerprint density at radius 1 is 1.50 bits per heavy atom. The van der Waals surface area contributed by atoms with E-state index in [-0.39, 0.29) is 12.0 Å². The Hall–Kier alpha value is -0.870. The Labute approximate surface area is 111 Å². The van der Waals surface area contributed by atoms with Crippen LogP contribution in [0.1, 0.15) is 26.7 Å². The van der Waals surface area contributed by atoms with Crippen LogP contribution in [0.25, 0.3) is 0 Å². The molecular formula is C14H26N2O2. The van der Waals surface area contributed by atoms with Gasteiger partial charge in [0, 0.05) is 33.7 Å². The normalized spacial score (nSPS) is 22.0. The Morgan fingerprint density at radius 3 is 2.83 bits per heavy atom. The van der Waals surface area contributed by atoms with E-state index < -0.39 is 0 Å².